The minimum absolute atomic E-state index is 0.0670. The Hall–Kier alpha value is -1.07. The summed E-state index contributed by atoms with van der Waals surface area (Å²) in [5.74, 6) is -0.734. The Balaban J connectivity index is 2.15. The Kier molecular flexibility index (Phi) is 4.47. The van der Waals surface area contributed by atoms with Crippen molar-refractivity contribution in [2.45, 2.75) is 25.4 Å². The minimum atomic E-state index is -0.734. The van der Waals surface area contributed by atoms with E-state index in [0.29, 0.717) is 6.04 Å². The molecule has 1 aliphatic rings. The van der Waals surface area contributed by atoms with Crippen molar-refractivity contribution in [3.63, 3.8) is 0 Å². The molecule has 0 radical (unpaired) electrons. The molecule has 1 heterocycles. The molecule has 0 amide bonds. The van der Waals surface area contributed by atoms with Gasteiger partial charge < -0.3 is 10.0 Å². The molecule has 1 aromatic carbocycles. The standard InChI is InChI=1S/C14H19BrN2O2/c1-10-8-16(2)13(7-14(18)19)9-17(10)12-5-3-11(15)4-6-12/h3-6,10,13H,7-9H2,1-2H3,(H,18,19). The molecular formula is C14H19BrN2O2. The highest BCUT2D eigenvalue weighted by atomic mass is 79.9. The molecule has 0 aromatic heterocycles. The van der Waals surface area contributed by atoms with E-state index in [1.54, 1.807) is 0 Å². The molecule has 2 rings (SSSR count). The molecule has 4 nitrogen and oxygen atoms in total. The summed E-state index contributed by atoms with van der Waals surface area (Å²) in [4.78, 5) is 15.4. The molecule has 2 unspecified atom stereocenters. The van der Waals surface area contributed by atoms with Gasteiger partial charge in [0.2, 0.25) is 0 Å². The lowest BCUT2D eigenvalue weighted by Crippen LogP contribution is -2.56. The molecule has 0 spiro atoms. The van der Waals surface area contributed by atoms with Gasteiger partial charge in [-0.15, -0.1) is 0 Å². The molecule has 1 N–H and O–H groups in total. The number of rotatable bonds is 3. The second kappa shape index (κ2) is 5.92. The molecule has 1 aromatic rings. The highest BCUT2D eigenvalue weighted by Gasteiger charge is 2.30. The van der Waals surface area contributed by atoms with Gasteiger partial charge in [0.1, 0.15) is 0 Å². The molecule has 0 bridgehead atoms. The summed E-state index contributed by atoms with van der Waals surface area (Å²) < 4.78 is 1.06. The van der Waals surface area contributed by atoms with Gasteiger partial charge >= 0.3 is 5.97 Å². The van der Waals surface area contributed by atoms with E-state index in [2.05, 4.69) is 44.8 Å². The lowest BCUT2D eigenvalue weighted by molar-refractivity contribution is -0.138. The molecule has 1 saturated heterocycles. The number of piperazine rings is 1. The first-order chi connectivity index (χ1) is 8.97. The Morgan fingerprint density at radius 2 is 2.00 bits per heavy atom. The molecule has 0 aliphatic carbocycles. The van der Waals surface area contributed by atoms with Gasteiger partial charge in [-0.2, -0.15) is 0 Å². The highest BCUT2D eigenvalue weighted by Crippen LogP contribution is 2.25. The predicted molar refractivity (Wildman–Crippen MR) is 79.6 cm³/mol. The quantitative estimate of drug-likeness (QED) is 0.926. The second-order valence-electron chi connectivity index (χ2n) is 5.17. The molecule has 0 saturated carbocycles. The number of carboxylic acids is 1. The number of aliphatic carboxylic acids is 1. The van der Waals surface area contributed by atoms with Crippen LogP contribution in [0.3, 0.4) is 0 Å². The molecular weight excluding hydrogens is 308 g/mol. The van der Waals surface area contributed by atoms with Gasteiger partial charge in [-0.05, 0) is 38.2 Å². The summed E-state index contributed by atoms with van der Waals surface area (Å²) in [6.07, 6.45) is 0.191. The number of nitrogens with zero attached hydrogens (tertiary/aromatic N) is 2. The van der Waals surface area contributed by atoms with Crippen molar-refractivity contribution >= 4 is 27.6 Å². The number of carbonyl (C=O) groups is 1. The predicted octanol–water partition coefficient (Wildman–Crippen LogP) is 2.43. The fourth-order valence-corrected chi connectivity index (χ4v) is 2.89. The van der Waals surface area contributed by atoms with Crippen LogP contribution in [-0.4, -0.2) is 48.2 Å². The van der Waals surface area contributed by atoms with Gasteiger partial charge in [0.05, 0.1) is 6.42 Å². The average molecular weight is 327 g/mol. The summed E-state index contributed by atoms with van der Waals surface area (Å²) in [5.41, 5.74) is 1.15. The summed E-state index contributed by atoms with van der Waals surface area (Å²) in [6.45, 7) is 3.81. The third-order valence-corrected chi connectivity index (χ3v) is 4.21. The number of benzene rings is 1. The van der Waals surface area contributed by atoms with E-state index in [4.69, 9.17) is 5.11 Å². The monoisotopic (exact) mass is 326 g/mol. The van der Waals surface area contributed by atoms with E-state index in [-0.39, 0.29) is 12.5 Å². The van der Waals surface area contributed by atoms with Crippen molar-refractivity contribution in [2.24, 2.45) is 0 Å². The number of hydrogen-bond donors (Lipinski definition) is 1. The van der Waals surface area contributed by atoms with Crippen molar-refractivity contribution in [3.05, 3.63) is 28.7 Å². The molecule has 1 fully saturated rings. The van der Waals surface area contributed by atoms with Crippen LogP contribution < -0.4 is 4.90 Å². The number of anilines is 1. The maximum absolute atomic E-state index is 10.9. The van der Waals surface area contributed by atoms with Gasteiger partial charge in [-0.25, -0.2) is 0 Å². The zero-order valence-corrected chi connectivity index (χ0v) is 12.8. The van der Waals surface area contributed by atoms with Crippen molar-refractivity contribution in [1.82, 2.24) is 4.90 Å². The second-order valence-corrected chi connectivity index (χ2v) is 6.08. The van der Waals surface area contributed by atoms with Crippen LogP contribution in [0.1, 0.15) is 13.3 Å². The summed E-state index contributed by atoms with van der Waals surface area (Å²) in [6, 6.07) is 8.64. The van der Waals surface area contributed by atoms with Gasteiger partial charge in [0, 0.05) is 35.3 Å². The van der Waals surface area contributed by atoms with Crippen LogP contribution in [0.15, 0.2) is 28.7 Å². The topological polar surface area (TPSA) is 43.8 Å². The van der Waals surface area contributed by atoms with Gasteiger partial charge in [-0.1, -0.05) is 15.9 Å². The third kappa shape index (κ3) is 3.48. The zero-order chi connectivity index (χ0) is 14.0. The lowest BCUT2D eigenvalue weighted by atomic mass is 10.0. The molecule has 19 heavy (non-hydrogen) atoms. The van der Waals surface area contributed by atoms with Crippen LogP contribution >= 0.6 is 15.9 Å². The first-order valence-corrected chi connectivity index (χ1v) is 7.21. The van der Waals surface area contributed by atoms with Crippen molar-refractivity contribution in [2.75, 3.05) is 25.0 Å². The van der Waals surface area contributed by atoms with E-state index in [1.165, 1.54) is 0 Å². The van der Waals surface area contributed by atoms with Crippen LogP contribution in [0.5, 0.6) is 0 Å². The van der Waals surface area contributed by atoms with Crippen molar-refractivity contribution in [1.29, 1.82) is 0 Å². The normalized spacial score (nSPS) is 24.5. The number of hydrogen-bond acceptors (Lipinski definition) is 3. The van der Waals surface area contributed by atoms with Crippen LogP contribution in [0.25, 0.3) is 0 Å². The van der Waals surface area contributed by atoms with E-state index < -0.39 is 5.97 Å². The minimum Gasteiger partial charge on any atom is -0.481 e. The van der Waals surface area contributed by atoms with E-state index in [9.17, 15) is 4.79 Å². The number of carboxylic acid groups (broad SMARTS) is 1. The highest BCUT2D eigenvalue weighted by molar-refractivity contribution is 9.10. The largest absolute Gasteiger partial charge is 0.481 e. The first kappa shape index (κ1) is 14.3. The Labute approximate surface area is 122 Å². The van der Waals surface area contributed by atoms with E-state index in [0.717, 1.165) is 23.2 Å². The number of likely N-dealkylation sites (N-methyl/N-ethyl adjacent to an activating group) is 1. The third-order valence-electron chi connectivity index (χ3n) is 3.68. The Bertz CT molecular complexity index is 449. The Morgan fingerprint density at radius 1 is 1.37 bits per heavy atom. The smallest absolute Gasteiger partial charge is 0.305 e. The molecule has 5 heteroatoms. The van der Waals surface area contributed by atoms with E-state index in [1.807, 2.05) is 19.2 Å². The first-order valence-electron chi connectivity index (χ1n) is 6.41. The number of halogens is 1. The maximum atomic E-state index is 10.9. The van der Waals surface area contributed by atoms with Crippen molar-refractivity contribution < 1.29 is 9.90 Å². The summed E-state index contributed by atoms with van der Waals surface area (Å²) in [5, 5.41) is 8.99. The van der Waals surface area contributed by atoms with Crippen LogP contribution in [-0.2, 0) is 4.79 Å². The lowest BCUT2D eigenvalue weighted by Gasteiger charge is -2.44. The van der Waals surface area contributed by atoms with Gasteiger partial charge in [-0.3, -0.25) is 9.69 Å². The van der Waals surface area contributed by atoms with Crippen LogP contribution in [0, 0.1) is 0 Å². The summed E-state index contributed by atoms with van der Waals surface area (Å²) in [7, 11) is 2.00. The molecule has 1 aliphatic heterocycles. The fraction of sp³-hybridized carbons (Fsp3) is 0.500. The van der Waals surface area contributed by atoms with Gasteiger partial charge in [0.15, 0.2) is 0 Å². The molecule has 104 valence electrons. The average Bonchev–Trinajstić information content (AvgIpc) is 2.33. The zero-order valence-electron chi connectivity index (χ0n) is 11.2. The SMILES string of the molecule is CC1CN(C)C(CC(=O)O)CN1c1ccc(Br)cc1. The summed E-state index contributed by atoms with van der Waals surface area (Å²) >= 11 is 3.43. The van der Waals surface area contributed by atoms with Gasteiger partial charge in [0.25, 0.3) is 0 Å². The van der Waals surface area contributed by atoms with Crippen LogP contribution in [0.2, 0.25) is 0 Å². The Morgan fingerprint density at radius 3 is 2.58 bits per heavy atom. The van der Waals surface area contributed by atoms with Crippen LogP contribution in [0.4, 0.5) is 5.69 Å². The fourth-order valence-electron chi connectivity index (χ4n) is 2.63. The van der Waals surface area contributed by atoms with E-state index >= 15 is 0 Å². The maximum Gasteiger partial charge on any atom is 0.305 e. The van der Waals surface area contributed by atoms with Crippen molar-refractivity contribution in [3.8, 4) is 0 Å². The molecule has 2 atom stereocenters.